The van der Waals surface area contributed by atoms with Crippen molar-refractivity contribution in [3.63, 3.8) is 0 Å². The molecule has 2 rings (SSSR count). The molecule has 92 valence electrons. The van der Waals surface area contributed by atoms with E-state index in [1.54, 1.807) is 30.5 Å². The molecule has 18 heavy (non-hydrogen) atoms. The fourth-order valence-corrected chi connectivity index (χ4v) is 1.33. The predicted octanol–water partition coefficient (Wildman–Crippen LogP) is 2.24. The Labute approximate surface area is 103 Å². The van der Waals surface area contributed by atoms with E-state index in [0.717, 1.165) is 0 Å². The molecule has 0 saturated carbocycles. The molecule has 0 aliphatic carbocycles. The van der Waals surface area contributed by atoms with E-state index in [2.05, 4.69) is 10.3 Å². The molecule has 0 aliphatic rings. The zero-order chi connectivity index (χ0) is 12.8. The number of carbonyl (C=O) groups excluding carboxylic acids is 1. The number of carbonyl (C=O) groups is 1. The van der Waals surface area contributed by atoms with E-state index in [1.165, 1.54) is 18.3 Å². The molecule has 1 heterocycles. The lowest BCUT2D eigenvalue weighted by Gasteiger charge is -2.07. The number of halogens is 1. The lowest BCUT2D eigenvalue weighted by Crippen LogP contribution is -2.20. The summed E-state index contributed by atoms with van der Waals surface area (Å²) in [6.07, 6.45) is 3.10. The molecule has 5 heteroatoms. The van der Waals surface area contributed by atoms with Crippen molar-refractivity contribution in [1.29, 1.82) is 0 Å². The lowest BCUT2D eigenvalue weighted by atomic mass is 10.3. The number of ether oxygens (including phenoxy) is 1. The molecule has 0 aliphatic heterocycles. The Kier molecular flexibility index (Phi) is 3.86. The van der Waals surface area contributed by atoms with Crippen molar-refractivity contribution in [2.45, 2.75) is 0 Å². The van der Waals surface area contributed by atoms with Gasteiger partial charge in [-0.1, -0.05) is 12.1 Å². The molecular formula is C13H11FN2O2. The number of anilines is 1. The third-order valence-corrected chi connectivity index (χ3v) is 2.15. The van der Waals surface area contributed by atoms with Gasteiger partial charge in [0.2, 0.25) is 0 Å². The number of para-hydroxylation sites is 1. The first-order valence-corrected chi connectivity index (χ1v) is 5.33. The molecule has 0 bridgehead atoms. The SMILES string of the molecule is O=C(COc1cccnc1)Nc1ccccc1F. The Morgan fingerprint density at radius 2 is 2.11 bits per heavy atom. The van der Waals surface area contributed by atoms with Gasteiger partial charge in [0.05, 0.1) is 11.9 Å². The molecule has 2 aromatic rings. The first-order valence-electron chi connectivity index (χ1n) is 5.33. The predicted molar refractivity (Wildman–Crippen MR) is 64.8 cm³/mol. The van der Waals surface area contributed by atoms with Crippen LogP contribution >= 0.6 is 0 Å². The Hall–Kier alpha value is -2.43. The third kappa shape index (κ3) is 3.28. The number of nitrogens with zero attached hydrogens (tertiary/aromatic N) is 1. The number of nitrogens with one attached hydrogen (secondary N) is 1. The minimum atomic E-state index is -0.479. The minimum absolute atomic E-state index is 0.136. The molecule has 0 saturated heterocycles. The zero-order valence-corrected chi connectivity index (χ0v) is 9.47. The van der Waals surface area contributed by atoms with Gasteiger partial charge in [0.15, 0.2) is 6.61 Å². The van der Waals surface area contributed by atoms with Crippen LogP contribution in [0.15, 0.2) is 48.8 Å². The Balaban J connectivity index is 1.88. The summed E-state index contributed by atoms with van der Waals surface area (Å²) < 4.78 is 18.4. The zero-order valence-electron chi connectivity index (χ0n) is 9.47. The van der Waals surface area contributed by atoms with Crippen LogP contribution < -0.4 is 10.1 Å². The molecule has 0 unspecified atom stereocenters. The van der Waals surface area contributed by atoms with Crippen LogP contribution in [0.1, 0.15) is 0 Å². The maximum atomic E-state index is 13.2. The average molecular weight is 246 g/mol. The van der Waals surface area contributed by atoms with Crippen LogP contribution in [0.25, 0.3) is 0 Å². The van der Waals surface area contributed by atoms with Crippen LogP contribution in [0.2, 0.25) is 0 Å². The molecule has 1 amide bonds. The molecule has 0 radical (unpaired) electrons. The second kappa shape index (κ2) is 5.77. The molecule has 1 aromatic carbocycles. The highest BCUT2D eigenvalue weighted by molar-refractivity contribution is 5.91. The van der Waals surface area contributed by atoms with Crippen LogP contribution in [0, 0.1) is 5.82 Å². The van der Waals surface area contributed by atoms with Gasteiger partial charge in [-0.15, -0.1) is 0 Å². The first-order chi connectivity index (χ1) is 8.75. The van der Waals surface area contributed by atoms with Crippen molar-refractivity contribution in [2.24, 2.45) is 0 Å². The Morgan fingerprint density at radius 1 is 1.28 bits per heavy atom. The highest BCUT2D eigenvalue weighted by atomic mass is 19.1. The van der Waals surface area contributed by atoms with Gasteiger partial charge >= 0.3 is 0 Å². The molecule has 1 N–H and O–H groups in total. The normalized spacial score (nSPS) is 9.83. The van der Waals surface area contributed by atoms with E-state index in [1.807, 2.05) is 0 Å². The van der Waals surface area contributed by atoms with Gasteiger partial charge in [-0.3, -0.25) is 9.78 Å². The monoisotopic (exact) mass is 246 g/mol. The van der Waals surface area contributed by atoms with Crippen LogP contribution in [0.4, 0.5) is 10.1 Å². The number of aromatic nitrogens is 1. The number of benzene rings is 1. The maximum absolute atomic E-state index is 13.2. The average Bonchev–Trinajstić information content (AvgIpc) is 2.40. The largest absolute Gasteiger partial charge is 0.482 e. The minimum Gasteiger partial charge on any atom is -0.482 e. The standard InChI is InChI=1S/C13H11FN2O2/c14-11-5-1-2-6-12(11)16-13(17)9-18-10-4-3-7-15-8-10/h1-8H,9H2,(H,16,17). The van der Waals surface area contributed by atoms with Crippen molar-refractivity contribution in [3.8, 4) is 5.75 Å². The van der Waals surface area contributed by atoms with E-state index in [0.29, 0.717) is 5.75 Å². The lowest BCUT2D eigenvalue weighted by molar-refractivity contribution is -0.118. The second-order valence-corrected chi connectivity index (χ2v) is 3.51. The van der Waals surface area contributed by atoms with E-state index in [-0.39, 0.29) is 12.3 Å². The van der Waals surface area contributed by atoms with Crippen molar-refractivity contribution in [1.82, 2.24) is 4.98 Å². The summed E-state index contributed by atoms with van der Waals surface area (Å²) in [5.41, 5.74) is 0.136. The topological polar surface area (TPSA) is 51.2 Å². The highest BCUT2D eigenvalue weighted by Gasteiger charge is 2.06. The van der Waals surface area contributed by atoms with Gasteiger partial charge in [-0.25, -0.2) is 4.39 Å². The summed E-state index contributed by atoms with van der Waals surface area (Å²) in [6, 6.07) is 9.33. The number of amides is 1. The molecular weight excluding hydrogens is 235 g/mol. The van der Waals surface area contributed by atoms with E-state index >= 15 is 0 Å². The first kappa shape index (κ1) is 12.0. The summed E-state index contributed by atoms with van der Waals surface area (Å²) >= 11 is 0. The summed E-state index contributed by atoms with van der Waals surface area (Å²) in [5, 5.41) is 2.42. The van der Waals surface area contributed by atoms with Crippen molar-refractivity contribution < 1.29 is 13.9 Å². The van der Waals surface area contributed by atoms with Crippen LogP contribution in [0.3, 0.4) is 0 Å². The van der Waals surface area contributed by atoms with E-state index < -0.39 is 11.7 Å². The fourth-order valence-electron chi connectivity index (χ4n) is 1.33. The number of rotatable bonds is 4. The van der Waals surface area contributed by atoms with Crippen molar-refractivity contribution in [2.75, 3.05) is 11.9 Å². The summed E-state index contributed by atoms with van der Waals surface area (Å²) in [4.78, 5) is 15.4. The molecule has 0 atom stereocenters. The maximum Gasteiger partial charge on any atom is 0.262 e. The van der Waals surface area contributed by atoms with Gasteiger partial charge in [0.1, 0.15) is 11.6 Å². The fraction of sp³-hybridized carbons (Fsp3) is 0.0769. The summed E-state index contributed by atoms with van der Waals surface area (Å²) in [6.45, 7) is -0.194. The molecule has 0 fully saturated rings. The van der Waals surface area contributed by atoms with Crippen LogP contribution in [0.5, 0.6) is 5.75 Å². The number of pyridine rings is 1. The van der Waals surface area contributed by atoms with Gasteiger partial charge < -0.3 is 10.1 Å². The van der Waals surface area contributed by atoms with Gasteiger partial charge in [0.25, 0.3) is 5.91 Å². The number of hydrogen-bond donors (Lipinski definition) is 1. The molecule has 0 spiro atoms. The van der Waals surface area contributed by atoms with E-state index in [9.17, 15) is 9.18 Å². The highest BCUT2D eigenvalue weighted by Crippen LogP contribution is 2.12. The van der Waals surface area contributed by atoms with Crippen LogP contribution in [-0.4, -0.2) is 17.5 Å². The summed E-state index contributed by atoms with van der Waals surface area (Å²) in [7, 11) is 0. The number of hydrogen-bond acceptors (Lipinski definition) is 3. The van der Waals surface area contributed by atoms with E-state index in [4.69, 9.17) is 4.74 Å². The smallest absolute Gasteiger partial charge is 0.262 e. The van der Waals surface area contributed by atoms with Gasteiger partial charge in [0, 0.05) is 6.20 Å². The molecule has 1 aromatic heterocycles. The van der Waals surface area contributed by atoms with Gasteiger partial charge in [-0.2, -0.15) is 0 Å². The Bertz CT molecular complexity index is 532. The van der Waals surface area contributed by atoms with Crippen molar-refractivity contribution >= 4 is 11.6 Å². The second-order valence-electron chi connectivity index (χ2n) is 3.51. The van der Waals surface area contributed by atoms with Gasteiger partial charge in [-0.05, 0) is 24.3 Å². The quantitative estimate of drug-likeness (QED) is 0.900. The molecule has 4 nitrogen and oxygen atoms in total. The summed E-state index contributed by atoms with van der Waals surface area (Å²) in [5.74, 6) is -0.419. The Morgan fingerprint density at radius 3 is 2.83 bits per heavy atom. The van der Waals surface area contributed by atoms with Crippen LogP contribution in [-0.2, 0) is 4.79 Å². The third-order valence-electron chi connectivity index (χ3n) is 2.15. The van der Waals surface area contributed by atoms with Crippen molar-refractivity contribution in [3.05, 3.63) is 54.6 Å².